The molecule has 2 aromatic rings. The van der Waals surface area contributed by atoms with Gasteiger partial charge in [-0.1, -0.05) is 0 Å². The summed E-state index contributed by atoms with van der Waals surface area (Å²) in [7, 11) is 3.95. The second kappa shape index (κ2) is 22.4. The number of benzene rings is 2. The normalized spacial score (nSPS) is 12.1. The van der Waals surface area contributed by atoms with E-state index in [0.29, 0.717) is 0 Å². The van der Waals surface area contributed by atoms with Crippen LogP contribution in [-0.4, -0.2) is 134 Å². The zero-order valence-electron chi connectivity index (χ0n) is 27.1. The van der Waals surface area contributed by atoms with Crippen LogP contribution < -0.4 is 16.0 Å². The lowest BCUT2D eigenvalue weighted by Gasteiger charge is -2.24. The average molecular weight is 1400 g/mol. The molecule has 0 spiro atoms. The second-order valence-electron chi connectivity index (χ2n) is 10.3. The summed E-state index contributed by atoms with van der Waals surface area (Å²) in [5.74, 6) is -5.21. The maximum Gasteiger partial charge on any atom is 0.348 e. The van der Waals surface area contributed by atoms with Crippen LogP contribution >= 0.6 is 136 Å². The third kappa shape index (κ3) is 12.1. The van der Waals surface area contributed by atoms with E-state index in [2.05, 4.69) is 16.0 Å². The van der Waals surface area contributed by atoms with Gasteiger partial charge in [-0.15, -0.1) is 0 Å². The predicted molar refractivity (Wildman–Crippen MR) is 235 cm³/mol. The number of hydrogen-bond acceptors (Lipinski definition) is 13. The van der Waals surface area contributed by atoms with Crippen LogP contribution in [0.4, 0.5) is 11.4 Å². The predicted octanol–water partition coefficient (Wildman–Crippen LogP) is 1.99. The third-order valence-corrected chi connectivity index (χ3v) is 13.0. The maximum absolute atomic E-state index is 14.0. The number of aliphatic hydroxyl groups is 4. The number of halogens is 6. The molecule has 2 atom stereocenters. The van der Waals surface area contributed by atoms with E-state index in [1.807, 2.05) is 22.6 Å². The van der Waals surface area contributed by atoms with Crippen LogP contribution in [0.1, 0.15) is 41.4 Å². The molecule has 4 amide bonds. The Kier molecular flexibility index (Phi) is 20.5. The first kappa shape index (κ1) is 47.8. The van der Waals surface area contributed by atoms with Gasteiger partial charge in [-0.3, -0.25) is 19.2 Å². The molecule has 0 radical (unpaired) electrons. The number of carbonyl (C=O) groups excluding carboxylic acids is 6. The summed E-state index contributed by atoms with van der Waals surface area (Å²) in [6.45, 7) is -2.63. The lowest BCUT2D eigenvalue weighted by Crippen LogP contribution is -2.37. The van der Waals surface area contributed by atoms with Gasteiger partial charge in [0.1, 0.15) is 13.2 Å². The van der Waals surface area contributed by atoms with Crippen molar-refractivity contribution in [2.75, 3.05) is 71.4 Å². The Hall–Kier alpha value is -0.400. The maximum atomic E-state index is 14.0. The van der Waals surface area contributed by atoms with Crippen molar-refractivity contribution < 1.29 is 63.4 Å². The Morgan fingerprint density at radius 1 is 0.654 bits per heavy atom. The van der Waals surface area contributed by atoms with Crippen molar-refractivity contribution in [3.05, 3.63) is 43.7 Å². The highest BCUT2D eigenvalue weighted by atomic mass is 127. The molecule has 0 aliphatic heterocycles. The van der Waals surface area contributed by atoms with Crippen molar-refractivity contribution in [2.45, 2.75) is 12.2 Å². The Balaban J connectivity index is 2.80. The van der Waals surface area contributed by atoms with Crippen LogP contribution in [-0.2, 0) is 23.8 Å². The first-order chi connectivity index (χ1) is 24.4. The number of hydrogen-bond donors (Lipinski definition) is 7. The van der Waals surface area contributed by atoms with Crippen molar-refractivity contribution in [2.24, 2.45) is 0 Å². The van der Waals surface area contributed by atoms with E-state index in [4.69, 9.17) is 14.2 Å². The van der Waals surface area contributed by atoms with Crippen LogP contribution in [0.2, 0.25) is 0 Å². The molecular formula is C29H30I6N4O13. The highest BCUT2D eigenvalue weighted by molar-refractivity contribution is 14.1. The fourth-order valence-corrected chi connectivity index (χ4v) is 12.8. The van der Waals surface area contributed by atoms with E-state index in [-0.39, 0.29) is 81.4 Å². The number of anilines is 2. The second-order valence-corrected chi connectivity index (χ2v) is 16.8. The number of nitrogens with zero attached hydrogens (tertiary/aromatic N) is 1. The molecule has 23 heteroatoms. The van der Waals surface area contributed by atoms with Crippen molar-refractivity contribution in [3.63, 3.8) is 0 Å². The quantitative estimate of drug-likeness (QED) is 0.0723. The molecule has 17 nitrogen and oxygen atoms in total. The van der Waals surface area contributed by atoms with Crippen LogP contribution in [0.25, 0.3) is 0 Å². The highest BCUT2D eigenvalue weighted by Crippen LogP contribution is 2.39. The van der Waals surface area contributed by atoms with E-state index in [9.17, 15) is 49.2 Å². The molecule has 52 heavy (non-hydrogen) atoms. The minimum absolute atomic E-state index is 0.0179. The molecule has 0 bridgehead atoms. The number of carbonyl (C=O) groups is 6. The largest absolute Gasteiger partial charge is 0.394 e. The Morgan fingerprint density at radius 3 is 1.48 bits per heavy atom. The van der Waals surface area contributed by atoms with Gasteiger partial charge >= 0.3 is 11.9 Å². The van der Waals surface area contributed by atoms with Crippen molar-refractivity contribution >= 4 is 182 Å². The van der Waals surface area contributed by atoms with Gasteiger partial charge in [0.2, 0.25) is 11.8 Å². The zero-order valence-corrected chi connectivity index (χ0v) is 40.0. The molecule has 0 aliphatic carbocycles. The summed E-state index contributed by atoms with van der Waals surface area (Å²) in [5.41, 5.74) is -0.684. The van der Waals surface area contributed by atoms with E-state index in [1.54, 1.807) is 113 Å². The van der Waals surface area contributed by atoms with Gasteiger partial charge in [0.25, 0.3) is 11.8 Å². The molecule has 2 rings (SSSR count). The highest BCUT2D eigenvalue weighted by Gasteiger charge is 2.35. The minimum Gasteiger partial charge on any atom is -0.394 e. The molecule has 0 fully saturated rings. The summed E-state index contributed by atoms with van der Waals surface area (Å²) in [6, 6.07) is 0. The Labute approximate surface area is 378 Å². The van der Waals surface area contributed by atoms with Crippen molar-refractivity contribution in [1.82, 2.24) is 10.2 Å². The van der Waals surface area contributed by atoms with E-state index in [0.717, 1.165) is 4.90 Å². The van der Waals surface area contributed by atoms with Gasteiger partial charge in [-0.05, 0) is 136 Å². The summed E-state index contributed by atoms with van der Waals surface area (Å²) >= 11 is 10.6. The van der Waals surface area contributed by atoms with Crippen LogP contribution in [0.5, 0.6) is 0 Å². The summed E-state index contributed by atoms with van der Waals surface area (Å²) in [4.78, 5) is 81.2. The molecule has 2 unspecified atom stereocenters. The smallest absolute Gasteiger partial charge is 0.348 e. The van der Waals surface area contributed by atoms with Crippen molar-refractivity contribution in [1.29, 1.82) is 0 Å². The third-order valence-electron chi connectivity index (χ3n) is 6.50. The fraction of sp³-hybridized carbons (Fsp3) is 0.379. The number of likely N-dealkylation sites (N-methyl/N-ethyl adjacent to an activating group) is 1. The van der Waals surface area contributed by atoms with E-state index >= 15 is 0 Å². The topological polar surface area (TPSA) is 250 Å². The number of nitrogens with one attached hydrogen (secondary N) is 3. The number of methoxy groups -OCH3 is 2. The van der Waals surface area contributed by atoms with E-state index < -0.39 is 61.0 Å². The zero-order chi connectivity index (χ0) is 39.6. The standard InChI is InChI=1S/C29H30I6N4O13/c1-39(5-11(43)7-41)27(47)15-19(31)17(23(35)25(21(15)33)38-13(45)9-51-3)29(49)52-28(48)16-18(30)14(26(46)36-4-10(42)6-40)20(32)24(22(16)34)37-12(44)8-50-2/h10-11,40-43H,4-9H2,1-3H3,(H,36,46)(H,37,44)(H,38,45). The summed E-state index contributed by atoms with van der Waals surface area (Å²) in [6.07, 6.45) is -2.56. The number of amides is 4. The molecule has 0 aromatic heterocycles. The monoisotopic (exact) mass is 1400 g/mol. The van der Waals surface area contributed by atoms with Gasteiger partial charge in [0.05, 0.1) is 73.3 Å². The molecule has 7 N–H and O–H groups in total. The summed E-state index contributed by atoms with van der Waals surface area (Å²) in [5, 5.41) is 45.9. The Morgan fingerprint density at radius 2 is 1.06 bits per heavy atom. The molecule has 0 saturated carbocycles. The van der Waals surface area contributed by atoms with Crippen LogP contribution in [0, 0.1) is 21.4 Å². The Bertz CT molecular complexity index is 1750. The lowest BCUT2D eigenvalue weighted by atomic mass is 10.1. The van der Waals surface area contributed by atoms with Crippen molar-refractivity contribution in [3.8, 4) is 0 Å². The molecule has 2 aromatic carbocycles. The number of rotatable bonds is 16. The SMILES string of the molecule is COCC(=O)Nc1c(I)c(C(=O)NCC(O)CO)c(I)c(C(=O)OC(=O)c2c(I)c(NC(=O)COC)c(I)c(C(=O)N(C)CC(O)CO)c2I)c1I. The van der Waals surface area contributed by atoms with Crippen LogP contribution in [0.3, 0.4) is 0 Å². The first-order valence-corrected chi connectivity index (χ1v) is 20.7. The number of aliphatic hydroxyl groups excluding tert-OH is 4. The number of ether oxygens (including phenoxy) is 3. The molecule has 0 heterocycles. The molecular weight excluding hydrogens is 1370 g/mol. The van der Waals surface area contributed by atoms with Gasteiger partial charge in [-0.2, -0.15) is 0 Å². The van der Waals surface area contributed by atoms with Gasteiger partial charge < -0.3 is 55.5 Å². The molecule has 0 aliphatic rings. The van der Waals surface area contributed by atoms with Gasteiger partial charge in [0, 0.05) is 41.5 Å². The van der Waals surface area contributed by atoms with Gasteiger partial charge in [0.15, 0.2) is 0 Å². The minimum atomic E-state index is -1.29. The number of esters is 2. The first-order valence-electron chi connectivity index (χ1n) is 14.2. The molecule has 286 valence electrons. The average Bonchev–Trinajstić information content (AvgIpc) is 3.07. The lowest BCUT2D eigenvalue weighted by molar-refractivity contribution is -0.120. The van der Waals surface area contributed by atoms with Crippen LogP contribution in [0.15, 0.2) is 0 Å². The van der Waals surface area contributed by atoms with Gasteiger partial charge in [-0.25, -0.2) is 9.59 Å². The molecule has 0 saturated heterocycles. The van der Waals surface area contributed by atoms with E-state index in [1.165, 1.54) is 21.3 Å². The summed E-state index contributed by atoms with van der Waals surface area (Å²) < 4.78 is 15.8. The fourth-order valence-electron chi connectivity index (χ4n) is 4.10.